The smallest absolute Gasteiger partial charge is 0.0533 e. The summed E-state index contributed by atoms with van der Waals surface area (Å²) in [5.74, 6) is 0. The van der Waals surface area contributed by atoms with Crippen molar-refractivity contribution in [1.82, 2.24) is 6.15 Å². The summed E-state index contributed by atoms with van der Waals surface area (Å²) in [5.41, 5.74) is 0. The molecule has 0 fully saturated rings. The van der Waals surface area contributed by atoms with Crippen molar-refractivity contribution >= 4 is 12.4 Å². The molecule has 1 radical (unpaired) electrons. The van der Waals surface area contributed by atoms with Gasteiger partial charge in [-0.3, -0.25) is 0 Å². The first kappa shape index (κ1) is 25.2. The van der Waals surface area contributed by atoms with E-state index in [0.29, 0.717) is 0 Å². The van der Waals surface area contributed by atoms with Gasteiger partial charge in [-0.25, -0.2) is 0 Å². The lowest BCUT2D eigenvalue weighted by Gasteiger charge is -2.03. The van der Waals surface area contributed by atoms with Crippen molar-refractivity contribution in [3.05, 3.63) is 6.92 Å². The molecular weight excluding hydrogens is 266 g/mol. The minimum Gasteiger partial charge on any atom is -0.344 e. The molecule has 0 aliphatic rings. The van der Waals surface area contributed by atoms with E-state index in [0.717, 1.165) is 6.42 Å². The van der Waals surface area contributed by atoms with E-state index in [-0.39, 0.29) is 18.6 Å². The summed E-state index contributed by atoms with van der Waals surface area (Å²) in [6, 6.07) is 0. The van der Waals surface area contributed by atoms with Crippen LogP contribution in [0, 0.1) is 6.92 Å². The Morgan fingerprint density at radius 1 is 0.500 bits per heavy atom. The first-order chi connectivity index (χ1) is 8.91. The van der Waals surface area contributed by atoms with Crippen molar-refractivity contribution in [2.24, 2.45) is 0 Å². The van der Waals surface area contributed by atoms with Crippen LogP contribution in [0.2, 0.25) is 0 Å². The van der Waals surface area contributed by atoms with Crippen LogP contribution in [0.25, 0.3) is 0 Å². The van der Waals surface area contributed by atoms with Gasteiger partial charge >= 0.3 is 0 Å². The Bertz CT molecular complexity index is 123. The largest absolute Gasteiger partial charge is 0.344 e. The highest BCUT2D eigenvalue weighted by Gasteiger charge is 1.93. The molecule has 0 spiro atoms. The summed E-state index contributed by atoms with van der Waals surface area (Å²) in [6.45, 7) is 6.18. The molecule has 0 saturated heterocycles. The van der Waals surface area contributed by atoms with E-state index in [2.05, 4.69) is 13.8 Å². The first-order valence-electron chi connectivity index (χ1n) is 8.71. The normalized spacial score (nSPS) is 9.90. The SMILES string of the molecule is Cl.N.[CH2]CCCCCCCCCCCCCCCCC. The third-order valence-electron chi connectivity index (χ3n) is 3.85. The molecule has 0 rings (SSSR count). The number of hydrogen-bond donors (Lipinski definition) is 1. The van der Waals surface area contributed by atoms with Gasteiger partial charge in [0.1, 0.15) is 0 Å². The van der Waals surface area contributed by atoms with Crippen LogP contribution in [0.3, 0.4) is 0 Å². The molecule has 0 aliphatic carbocycles. The van der Waals surface area contributed by atoms with Crippen LogP contribution in [0.1, 0.15) is 110 Å². The van der Waals surface area contributed by atoms with Crippen molar-refractivity contribution in [2.75, 3.05) is 0 Å². The second-order valence-electron chi connectivity index (χ2n) is 5.80. The molecule has 20 heavy (non-hydrogen) atoms. The van der Waals surface area contributed by atoms with Crippen LogP contribution >= 0.6 is 12.4 Å². The molecule has 1 nitrogen and oxygen atoms in total. The summed E-state index contributed by atoms with van der Waals surface area (Å²) in [5, 5.41) is 0. The fraction of sp³-hybridized carbons (Fsp3) is 0.944. The summed E-state index contributed by atoms with van der Waals surface area (Å²) in [4.78, 5) is 0. The second-order valence-corrected chi connectivity index (χ2v) is 5.80. The average molecular weight is 307 g/mol. The molecule has 3 N–H and O–H groups in total. The lowest BCUT2D eigenvalue weighted by atomic mass is 10.0. The van der Waals surface area contributed by atoms with Crippen LogP contribution in [-0.2, 0) is 0 Å². The summed E-state index contributed by atoms with van der Waals surface area (Å²) < 4.78 is 0. The van der Waals surface area contributed by atoms with E-state index in [1.54, 1.807) is 0 Å². The fourth-order valence-electron chi connectivity index (χ4n) is 2.55. The Morgan fingerprint density at radius 2 is 0.750 bits per heavy atom. The zero-order chi connectivity index (χ0) is 13.3. The maximum absolute atomic E-state index is 3.88. The lowest BCUT2D eigenvalue weighted by Crippen LogP contribution is -1.83. The Hall–Kier alpha value is 0.250. The van der Waals surface area contributed by atoms with E-state index in [4.69, 9.17) is 0 Å². The molecule has 0 heterocycles. The maximum Gasteiger partial charge on any atom is -0.0533 e. The fourth-order valence-corrected chi connectivity index (χ4v) is 2.55. The minimum absolute atomic E-state index is 0. The van der Waals surface area contributed by atoms with Gasteiger partial charge in [0.2, 0.25) is 0 Å². The quantitative estimate of drug-likeness (QED) is 0.309. The molecule has 0 aromatic heterocycles. The molecule has 0 aromatic carbocycles. The van der Waals surface area contributed by atoms with Crippen LogP contribution in [0.4, 0.5) is 0 Å². The highest BCUT2D eigenvalue weighted by molar-refractivity contribution is 5.85. The van der Waals surface area contributed by atoms with Gasteiger partial charge in [0, 0.05) is 0 Å². The van der Waals surface area contributed by atoms with Gasteiger partial charge in [0.25, 0.3) is 0 Å². The minimum atomic E-state index is 0. The van der Waals surface area contributed by atoms with Crippen LogP contribution in [-0.4, -0.2) is 0 Å². The predicted molar refractivity (Wildman–Crippen MR) is 97.2 cm³/mol. The van der Waals surface area contributed by atoms with Crippen molar-refractivity contribution in [3.63, 3.8) is 0 Å². The molecule has 125 valence electrons. The van der Waals surface area contributed by atoms with Crippen LogP contribution in [0.15, 0.2) is 0 Å². The Kier molecular flexibility index (Phi) is 30.6. The van der Waals surface area contributed by atoms with Crippen molar-refractivity contribution in [2.45, 2.75) is 110 Å². The third kappa shape index (κ3) is 23.4. The van der Waals surface area contributed by atoms with E-state index < -0.39 is 0 Å². The molecule has 0 unspecified atom stereocenters. The highest BCUT2D eigenvalue weighted by atomic mass is 35.5. The third-order valence-corrected chi connectivity index (χ3v) is 3.85. The van der Waals surface area contributed by atoms with Gasteiger partial charge in [-0.1, -0.05) is 117 Å². The Balaban J connectivity index is -0.00000144. The predicted octanol–water partition coefficient (Wildman–Crippen LogP) is 7.67. The van der Waals surface area contributed by atoms with Crippen molar-refractivity contribution in [3.8, 4) is 0 Å². The van der Waals surface area contributed by atoms with Crippen LogP contribution in [0.5, 0.6) is 0 Å². The van der Waals surface area contributed by atoms with Gasteiger partial charge in [0.05, 0.1) is 0 Å². The van der Waals surface area contributed by atoms with Gasteiger partial charge in [-0.05, 0) is 0 Å². The van der Waals surface area contributed by atoms with Crippen LogP contribution < -0.4 is 6.15 Å². The van der Waals surface area contributed by atoms with Gasteiger partial charge in [-0.15, -0.1) is 12.4 Å². The van der Waals surface area contributed by atoms with Crippen molar-refractivity contribution < 1.29 is 0 Å². The Morgan fingerprint density at radius 3 is 1.00 bits per heavy atom. The number of hydrogen-bond acceptors (Lipinski definition) is 1. The zero-order valence-electron chi connectivity index (χ0n) is 14.1. The molecule has 0 aliphatic heterocycles. The van der Waals surface area contributed by atoms with Gasteiger partial charge < -0.3 is 6.15 Å². The van der Waals surface area contributed by atoms with E-state index in [1.165, 1.54) is 96.3 Å². The number of halogens is 1. The summed E-state index contributed by atoms with van der Waals surface area (Å²) >= 11 is 0. The maximum atomic E-state index is 3.88. The molecule has 2 heteroatoms. The molecule has 0 aromatic rings. The van der Waals surface area contributed by atoms with Crippen molar-refractivity contribution in [1.29, 1.82) is 0 Å². The molecular formula is C18H41ClN. The monoisotopic (exact) mass is 306 g/mol. The second kappa shape index (κ2) is 24.3. The molecule has 0 amide bonds. The van der Waals surface area contributed by atoms with E-state index in [1.807, 2.05) is 0 Å². The topological polar surface area (TPSA) is 35.0 Å². The van der Waals surface area contributed by atoms with Gasteiger partial charge in [0.15, 0.2) is 0 Å². The summed E-state index contributed by atoms with van der Waals surface area (Å²) in [7, 11) is 0. The zero-order valence-corrected chi connectivity index (χ0v) is 15.0. The van der Waals surface area contributed by atoms with E-state index >= 15 is 0 Å². The Labute approximate surface area is 135 Å². The summed E-state index contributed by atoms with van der Waals surface area (Å²) in [6.07, 6.45) is 22.8. The number of unbranched alkanes of at least 4 members (excludes halogenated alkanes) is 15. The molecule has 0 atom stereocenters. The molecule has 0 bridgehead atoms. The van der Waals surface area contributed by atoms with E-state index in [9.17, 15) is 0 Å². The first-order valence-corrected chi connectivity index (χ1v) is 8.71. The highest BCUT2D eigenvalue weighted by Crippen LogP contribution is 2.13. The standard InChI is InChI=1S/C18H37.ClH.H3N/c1-3-5-7-9-11-13-15-17-18-16-14-12-10-8-6-4-2;;/h1,3-18H2,2H3;1H;1H3. The van der Waals surface area contributed by atoms with Gasteiger partial charge in [-0.2, -0.15) is 0 Å². The lowest BCUT2D eigenvalue weighted by molar-refractivity contribution is 0.533. The average Bonchev–Trinajstić information content (AvgIpc) is 2.39. The molecule has 0 saturated carbocycles. The number of rotatable bonds is 15.